The second-order valence-electron chi connectivity index (χ2n) is 6.20. The molecule has 3 rings (SSSR count). The molecule has 8 heteroatoms. The van der Waals surface area contributed by atoms with Crippen LogP contribution in [0, 0.1) is 11.6 Å². The van der Waals surface area contributed by atoms with Crippen LogP contribution in [0.5, 0.6) is 17.2 Å². The van der Waals surface area contributed by atoms with Crippen LogP contribution in [0.1, 0.15) is 10.4 Å². The average molecular weight is 393 g/mol. The first-order valence-electron chi connectivity index (χ1n) is 8.72. The Hall–Kier alpha value is -2.87. The molecule has 0 N–H and O–H groups in total. The second-order valence-corrected chi connectivity index (χ2v) is 6.20. The SMILES string of the molecule is COc1ccc(C(=O)N2CCOC(COc3ccc(F)c(F)c3)C2)cc1OC. The maximum absolute atomic E-state index is 13.3. The molecule has 0 aromatic heterocycles. The van der Waals surface area contributed by atoms with E-state index in [2.05, 4.69) is 0 Å². The van der Waals surface area contributed by atoms with Gasteiger partial charge in [0.05, 0.1) is 27.4 Å². The molecule has 150 valence electrons. The Morgan fingerprint density at radius 2 is 1.89 bits per heavy atom. The van der Waals surface area contributed by atoms with E-state index in [1.165, 1.54) is 20.3 Å². The van der Waals surface area contributed by atoms with Gasteiger partial charge < -0.3 is 23.8 Å². The van der Waals surface area contributed by atoms with Gasteiger partial charge in [0.15, 0.2) is 23.1 Å². The fourth-order valence-corrected chi connectivity index (χ4v) is 2.91. The lowest BCUT2D eigenvalue weighted by Gasteiger charge is -2.33. The fourth-order valence-electron chi connectivity index (χ4n) is 2.91. The molecule has 2 aromatic carbocycles. The fraction of sp³-hybridized carbons (Fsp3) is 0.350. The van der Waals surface area contributed by atoms with Crippen molar-refractivity contribution < 1.29 is 32.5 Å². The van der Waals surface area contributed by atoms with Gasteiger partial charge in [0.25, 0.3) is 5.91 Å². The first-order valence-corrected chi connectivity index (χ1v) is 8.72. The third kappa shape index (κ3) is 4.51. The van der Waals surface area contributed by atoms with Crippen LogP contribution in [0.15, 0.2) is 36.4 Å². The van der Waals surface area contributed by atoms with Gasteiger partial charge in [-0.05, 0) is 30.3 Å². The Kier molecular flexibility index (Phi) is 6.30. The van der Waals surface area contributed by atoms with Gasteiger partial charge in [0.1, 0.15) is 18.5 Å². The number of carbonyl (C=O) groups is 1. The van der Waals surface area contributed by atoms with Crippen LogP contribution < -0.4 is 14.2 Å². The van der Waals surface area contributed by atoms with Crippen molar-refractivity contribution in [3.8, 4) is 17.2 Å². The highest BCUT2D eigenvalue weighted by molar-refractivity contribution is 5.95. The molecule has 1 atom stereocenters. The van der Waals surface area contributed by atoms with Crippen molar-refractivity contribution in [1.82, 2.24) is 4.90 Å². The molecule has 0 saturated carbocycles. The number of hydrogen-bond acceptors (Lipinski definition) is 5. The predicted molar refractivity (Wildman–Crippen MR) is 97.0 cm³/mol. The van der Waals surface area contributed by atoms with Gasteiger partial charge in [-0.15, -0.1) is 0 Å². The van der Waals surface area contributed by atoms with Crippen molar-refractivity contribution in [1.29, 1.82) is 0 Å². The molecule has 2 aromatic rings. The van der Waals surface area contributed by atoms with Gasteiger partial charge in [0.2, 0.25) is 0 Å². The minimum Gasteiger partial charge on any atom is -0.493 e. The average Bonchev–Trinajstić information content (AvgIpc) is 2.73. The largest absolute Gasteiger partial charge is 0.493 e. The molecular weight excluding hydrogens is 372 g/mol. The Labute approximate surface area is 161 Å². The number of halogens is 2. The van der Waals surface area contributed by atoms with Gasteiger partial charge in [-0.25, -0.2) is 8.78 Å². The van der Waals surface area contributed by atoms with Crippen molar-refractivity contribution in [2.75, 3.05) is 40.5 Å². The van der Waals surface area contributed by atoms with Crippen LogP contribution in [-0.4, -0.2) is 57.4 Å². The number of morpholine rings is 1. The third-order valence-corrected chi connectivity index (χ3v) is 4.38. The van der Waals surface area contributed by atoms with E-state index in [9.17, 15) is 13.6 Å². The van der Waals surface area contributed by atoms with Crippen molar-refractivity contribution in [3.63, 3.8) is 0 Å². The number of benzene rings is 2. The molecular formula is C20H21F2NO5. The normalized spacial score (nSPS) is 16.6. The Morgan fingerprint density at radius 1 is 1.11 bits per heavy atom. The summed E-state index contributed by atoms with van der Waals surface area (Å²) in [6.07, 6.45) is -0.383. The van der Waals surface area contributed by atoms with E-state index < -0.39 is 11.6 Å². The Morgan fingerprint density at radius 3 is 2.61 bits per heavy atom. The van der Waals surface area contributed by atoms with Crippen LogP contribution in [0.2, 0.25) is 0 Å². The van der Waals surface area contributed by atoms with Gasteiger partial charge >= 0.3 is 0 Å². The minimum atomic E-state index is -0.979. The van der Waals surface area contributed by atoms with Gasteiger partial charge in [-0.2, -0.15) is 0 Å². The highest BCUT2D eigenvalue weighted by Crippen LogP contribution is 2.28. The smallest absolute Gasteiger partial charge is 0.254 e. The molecule has 1 amide bonds. The molecule has 6 nitrogen and oxygen atoms in total. The Balaban J connectivity index is 1.62. The van der Waals surface area contributed by atoms with E-state index >= 15 is 0 Å². The number of carbonyl (C=O) groups excluding carboxylic acids is 1. The van der Waals surface area contributed by atoms with Crippen molar-refractivity contribution in [3.05, 3.63) is 53.6 Å². The van der Waals surface area contributed by atoms with Crippen molar-refractivity contribution in [2.45, 2.75) is 6.10 Å². The topological polar surface area (TPSA) is 57.2 Å². The lowest BCUT2D eigenvalue weighted by molar-refractivity contribution is -0.0401. The molecule has 1 unspecified atom stereocenters. The number of nitrogens with zero attached hydrogens (tertiary/aromatic N) is 1. The number of methoxy groups -OCH3 is 2. The summed E-state index contributed by atoms with van der Waals surface area (Å²) in [5.41, 5.74) is 0.472. The van der Waals surface area contributed by atoms with Crippen molar-refractivity contribution >= 4 is 5.91 Å². The Bertz CT molecular complexity index is 845. The van der Waals surface area contributed by atoms with E-state index in [4.69, 9.17) is 18.9 Å². The van der Waals surface area contributed by atoms with E-state index in [-0.39, 0.29) is 24.4 Å². The van der Waals surface area contributed by atoms with Gasteiger partial charge in [0, 0.05) is 18.2 Å². The molecule has 0 spiro atoms. The highest BCUT2D eigenvalue weighted by atomic mass is 19.2. The highest BCUT2D eigenvalue weighted by Gasteiger charge is 2.26. The lowest BCUT2D eigenvalue weighted by atomic mass is 10.1. The monoisotopic (exact) mass is 393 g/mol. The maximum atomic E-state index is 13.3. The summed E-state index contributed by atoms with van der Waals surface area (Å²) in [6.45, 7) is 1.22. The zero-order chi connectivity index (χ0) is 20.1. The van der Waals surface area contributed by atoms with Crippen LogP contribution in [-0.2, 0) is 4.74 Å². The second kappa shape index (κ2) is 8.88. The van der Waals surface area contributed by atoms with Crippen LogP contribution in [0.3, 0.4) is 0 Å². The zero-order valence-electron chi connectivity index (χ0n) is 15.6. The number of rotatable bonds is 6. The quantitative estimate of drug-likeness (QED) is 0.756. The summed E-state index contributed by atoms with van der Waals surface area (Å²) in [5.74, 6) is -0.869. The standard InChI is InChI=1S/C20H21F2NO5/c1-25-18-6-3-13(9-19(18)26-2)20(24)23-7-8-27-15(11-23)12-28-14-4-5-16(21)17(22)10-14/h3-6,9-10,15H,7-8,11-12H2,1-2H3. The third-order valence-electron chi connectivity index (χ3n) is 4.38. The van der Waals surface area contributed by atoms with E-state index in [0.717, 1.165) is 12.1 Å². The first-order chi connectivity index (χ1) is 13.5. The molecule has 0 aliphatic carbocycles. The van der Waals surface area contributed by atoms with Gasteiger partial charge in [-0.1, -0.05) is 0 Å². The summed E-state index contributed by atoms with van der Waals surface area (Å²) < 4.78 is 47.8. The molecule has 1 aliphatic rings. The minimum absolute atomic E-state index is 0.112. The summed E-state index contributed by atoms with van der Waals surface area (Å²) in [4.78, 5) is 14.5. The number of amides is 1. The summed E-state index contributed by atoms with van der Waals surface area (Å²) >= 11 is 0. The lowest BCUT2D eigenvalue weighted by Crippen LogP contribution is -2.47. The zero-order valence-corrected chi connectivity index (χ0v) is 15.6. The molecule has 0 radical (unpaired) electrons. The van der Waals surface area contributed by atoms with Crippen LogP contribution in [0.4, 0.5) is 8.78 Å². The molecule has 0 bridgehead atoms. The van der Waals surface area contributed by atoms with E-state index in [1.807, 2.05) is 0 Å². The van der Waals surface area contributed by atoms with E-state index in [0.29, 0.717) is 36.8 Å². The molecule has 28 heavy (non-hydrogen) atoms. The van der Waals surface area contributed by atoms with E-state index in [1.54, 1.807) is 23.1 Å². The van der Waals surface area contributed by atoms with Crippen molar-refractivity contribution in [2.24, 2.45) is 0 Å². The first kappa shape index (κ1) is 19.9. The van der Waals surface area contributed by atoms with Crippen LogP contribution >= 0.6 is 0 Å². The molecule has 1 fully saturated rings. The molecule has 1 saturated heterocycles. The predicted octanol–water partition coefficient (Wildman–Crippen LogP) is 2.90. The van der Waals surface area contributed by atoms with Gasteiger partial charge in [-0.3, -0.25) is 4.79 Å². The number of hydrogen-bond donors (Lipinski definition) is 0. The summed E-state index contributed by atoms with van der Waals surface area (Å²) in [6, 6.07) is 8.29. The molecule has 1 heterocycles. The summed E-state index contributed by atoms with van der Waals surface area (Å²) in [7, 11) is 3.03. The molecule has 1 aliphatic heterocycles. The number of ether oxygens (including phenoxy) is 4. The summed E-state index contributed by atoms with van der Waals surface area (Å²) in [5, 5.41) is 0. The maximum Gasteiger partial charge on any atom is 0.254 e. The van der Waals surface area contributed by atoms with Crippen LogP contribution in [0.25, 0.3) is 0 Å².